The zero-order valence-electron chi connectivity index (χ0n) is 20.6. The molecule has 3 aliphatic heterocycles. The Morgan fingerprint density at radius 1 is 0.872 bits per heavy atom. The number of hydrogen-bond donors (Lipinski definition) is 1. The second-order valence-corrected chi connectivity index (χ2v) is 11.0. The predicted molar refractivity (Wildman–Crippen MR) is 153 cm³/mol. The van der Waals surface area contributed by atoms with Crippen molar-refractivity contribution in [1.82, 2.24) is 4.98 Å². The van der Waals surface area contributed by atoms with Crippen LogP contribution in [0.3, 0.4) is 0 Å². The van der Waals surface area contributed by atoms with E-state index in [0.717, 1.165) is 21.3 Å². The molecule has 4 atom stereocenters. The van der Waals surface area contributed by atoms with E-state index in [-0.39, 0.29) is 17.5 Å². The number of pyridine rings is 1. The van der Waals surface area contributed by atoms with Crippen molar-refractivity contribution in [3.8, 4) is 0 Å². The molecular weight excluding hydrogens is 554 g/mol. The lowest BCUT2D eigenvalue weighted by atomic mass is 9.64. The van der Waals surface area contributed by atoms with Crippen molar-refractivity contribution in [2.45, 2.75) is 17.5 Å². The molecule has 0 aliphatic carbocycles. The Kier molecular flexibility index (Phi) is 5.39. The summed E-state index contributed by atoms with van der Waals surface area (Å²) in [6.07, 6.45) is 7.10. The SMILES string of the molecule is O=C(c1cccnc1)[C@@H]1[C@H](C(=O)c2ccc(Br)cc2)[C@]2(C(=O)Nc3ccccc32)[C@@H]2C=Cc3ccccc3N12. The minimum atomic E-state index is -1.33. The Bertz CT molecular complexity index is 1680. The van der Waals surface area contributed by atoms with Crippen molar-refractivity contribution < 1.29 is 14.4 Å². The van der Waals surface area contributed by atoms with E-state index in [0.29, 0.717) is 16.8 Å². The number of aromatic nitrogens is 1. The molecule has 0 radical (unpaired) electrons. The van der Waals surface area contributed by atoms with Crippen LogP contribution in [0.15, 0.2) is 108 Å². The predicted octanol–water partition coefficient (Wildman–Crippen LogP) is 5.70. The van der Waals surface area contributed by atoms with E-state index in [9.17, 15) is 14.4 Å². The number of nitrogens with zero attached hydrogens (tertiary/aromatic N) is 2. The molecule has 1 fully saturated rings. The topological polar surface area (TPSA) is 79.4 Å². The van der Waals surface area contributed by atoms with Crippen molar-refractivity contribution >= 4 is 50.9 Å². The van der Waals surface area contributed by atoms with E-state index in [1.807, 2.05) is 65.6 Å². The van der Waals surface area contributed by atoms with Gasteiger partial charge in [0.25, 0.3) is 0 Å². The van der Waals surface area contributed by atoms with Crippen LogP contribution in [0.1, 0.15) is 31.8 Å². The molecule has 190 valence electrons. The smallest absolute Gasteiger partial charge is 0.238 e. The van der Waals surface area contributed by atoms with Crippen LogP contribution in [0.25, 0.3) is 6.08 Å². The lowest BCUT2D eigenvalue weighted by Crippen LogP contribution is -2.51. The highest BCUT2D eigenvalue weighted by Crippen LogP contribution is 2.58. The fraction of sp³-hybridized carbons (Fsp3) is 0.125. The van der Waals surface area contributed by atoms with Gasteiger partial charge in [0, 0.05) is 39.4 Å². The van der Waals surface area contributed by atoms with E-state index >= 15 is 0 Å². The molecule has 1 saturated heterocycles. The number of para-hydroxylation sites is 2. The Balaban J connectivity index is 1.54. The molecular formula is C32H22BrN3O3. The van der Waals surface area contributed by atoms with E-state index in [1.54, 1.807) is 42.6 Å². The molecule has 1 N–H and O–H groups in total. The van der Waals surface area contributed by atoms with Crippen LogP contribution in [-0.2, 0) is 10.2 Å². The maximum atomic E-state index is 14.7. The first-order valence-corrected chi connectivity index (χ1v) is 13.5. The number of rotatable bonds is 4. The van der Waals surface area contributed by atoms with Gasteiger partial charge in [-0.1, -0.05) is 76.6 Å². The number of carbonyl (C=O) groups excluding carboxylic acids is 3. The summed E-state index contributed by atoms with van der Waals surface area (Å²) < 4.78 is 0.835. The summed E-state index contributed by atoms with van der Waals surface area (Å²) in [7, 11) is 0. The fourth-order valence-electron chi connectivity index (χ4n) is 6.59. The number of halogens is 1. The van der Waals surface area contributed by atoms with Gasteiger partial charge in [-0.3, -0.25) is 19.4 Å². The number of carbonyl (C=O) groups is 3. The fourth-order valence-corrected chi connectivity index (χ4v) is 6.86. The standard InChI is InChI=1S/C32H22BrN3O3/c33-22-14-11-20(12-15-22)29(37)27-28(30(38)21-7-5-17-34-18-21)36-25-10-4-1-6-19(25)13-16-26(36)32(27)23-8-2-3-9-24(23)35-31(32)39/h1-18,26-28H,(H,35,39)/t26-,27+,28-,32+/m0/s1. The van der Waals surface area contributed by atoms with Gasteiger partial charge < -0.3 is 10.2 Å². The molecule has 1 spiro atoms. The van der Waals surface area contributed by atoms with E-state index in [2.05, 4.69) is 26.2 Å². The molecule has 39 heavy (non-hydrogen) atoms. The summed E-state index contributed by atoms with van der Waals surface area (Å²) >= 11 is 3.45. The first-order chi connectivity index (χ1) is 19.0. The highest BCUT2D eigenvalue weighted by atomic mass is 79.9. The molecule has 1 amide bonds. The van der Waals surface area contributed by atoms with Gasteiger partial charge in [-0.2, -0.15) is 0 Å². The molecule has 0 saturated carbocycles. The highest BCUT2D eigenvalue weighted by Gasteiger charge is 2.70. The van der Waals surface area contributed by atoms with Gasteiger partial charge in [0.05, 0.1) is 12.0 Å². The van der Waals surface area contributed by atoms with Crippen molar-refractivity contribution in [3.63, 3.8) is 0 Å². The summed E-state index contributed by atoms with van der Waals surface area (Å²) in [6.45, 7) is 0. The average molecular weight is 576 g/mol. The number of amides is 1. The number of ketones is 2. The highest BCUT2D eigenvalue weighted by molar-refractivity contribution is 9.10. The maximum Gasteiger partial charge on any atom is 0.238 e. The molecule has 6 nitrogen and oxygen atoms in total. The molecule has 3 aromatic carbocycles. The first kappa shape index (κ1) is 23.7. The summed E-state index contributed by atoms with van der Waals surface area (Å²) in [5, 5.41) is 3.05. The molecule has 7 rings (SSSR count). The largest absolute Gasteiger partial charge is 0.352 e. The average Bonchev–Trinajstić information content (AvgIpc) is 3.45. The number of nitrogens with one attached hydrogen (secondary N) is 1. The zero-order valence-corrected chi connectivity index (χ0v) is 22.2. The van der Waals surface area contributed by atoms with Crippen LogP contribution in [0.2, 0.25) is 0 Å². The van der Waals surface area contributed by atoms with Crippen molar-refractivity contribution in [1.29, 1.82) is 0 Å². The van der Waals surface area contributed by atoms with Gasteiger partial charge in [0.2, 0.25) is 5.91 Å². The molecule has 7 heteroatoms. The van der Waals surface area contributed by atoms with Crippen molar-refractivity contribution in [3.05, 3.63) is 130 Å². The van der Waals surface area contributed by atoms with Crippen LogP contribution in [-0.4, -0.2) is 34.5 Å². The number of Topliss-reactive ketones (excluding diaryl/α,β-unsaturated/α-hetero) is 2. The lowest BCUT2D eigenvalue weighted by molar-refractivity contribution is -0.121. The quantitative estimate of drug-likeness (QED) is 0.316. The Morgan fingerprint density at radius 2 is 1.64 bits per heavy atom. The van der Waals surface area contributed by atoms with Crippen LogP contribution >= 0.6 is 15.9 Å². The van der Waals surface area contributed by atoms with Crippen LogP contribution in [0.5, 0.6) is 0 Å². The summed E-state index contributed by atoms with van der Waals surface area (Å²) in [6, 6.07) is 24.3. The first-order valence-electron chi connectivity index (χ1n) is 12.7. The Labute approximate surface area is 233 Å². The van der Waals surface area contributed by atoms with Crippen LogP contribution in [0.4, 0.5) is 11.4 Å². The third-order valence-corrected chi connectivity index (χ3v) is 8.70. The Morgan fingerprint density at radius 3 is 2.44 bits per heavy atom. The maximum absolute atomic E-state index is 14.7. The van der Waals surface area contributed by atoms with Crippen LogP contribution in [0, 0.1) is 5.92 Å². The summed E-state index contributed by atoms with van der Waals surface area (Å²) in [5.74, 6) is -1.78. The second kappa shape index (κ2) is 8.85. The zero-order chi connectivity index (χ0) is 26.7. The monoisotopic (exact) mass is 575 g/mol. The number of benzene rings is 3. The molecule has 4 heterocycles. The normalized spacial score (nSPS) is 24.2. The van der Waals surface area contributed by atoms with Crippen LogP contribution < -0.4 is 10.2 Å². The minimum Gasteiger partial charge on any atom is -0.352 e. The van der Waals surface area contributed by atoms with E-state index in [4.69, 9.17) is 0 Å². The van der Waals surface area contributed by atoms with Gasteiger partial charge in [0.1, 0.15) is 11.5 Å². The third-order valence-electron chi connectivity index (χ3n) is 8.17. The molecule has 0 unspecified atom stereocenters. The van der Waals surface area contributed by atoms with Gasteiger partial charge in [-0.05, 0) is 47.5 Å². The van der Waals surface area contributed by atoms with E-state index in [1.165, 1.54) is 6.20 Å². The van der Waals surface area contributed by atoms with Gasteiger partial charge in [0.15, 0.2) is 11.6 Å². The van der Waals surface area contributed by atoms with Crippen molar-refractivity contribution in [2.24, 2.45) is 5.92 Å². The van der Waals surface area contributed by atoms with Gasteiger partial charge in [-0.15, -0.1) is 0 Å². The Hall–Kier alpha value is -4.36. The number of fused-ring (bicyclic) bond motifs is 6. The molecule has 0 bridgehead atoms. The number of anilines is 2. The number of hydrogen-bond acceptors (Lipinski definition) is 5. The summed E-state index contributed by atoms with van der Waals surface area (Å²) in [5.41, 5.74) is 2.65. The summed E-state index contributed by atoms with van der Waals surface area (Å²) in [4.78, 5) is 49.6. The van der Waals surface area contributed by atoms with Crippen molar-refractivity contribution in [2.75, 3.05) is 10.2 Å². The van der Waals surface area contributed by atoms with Gasteiger partial charge in [-0.25, -0.2) is 0 Å². The second-order valence-electron chi connectivity index (χ2n) is 10.0. The lowest BCUT2D eigenvalue weighted by Gasteiger charge is -2.37. The third kappa shape index (κ3) is 3.32. The molecule has 4 aromatic rings. The molecule has 3 aliphatic rings. The van der Waals surface area contributed by atoms with Gasteiger partial charge >= 0.3 is 0 Å². The minimum absolute atomic E-state index is 0.247. The van der Waals surface area contributed by atoms with E-state index < -0.39 is 23.4 Å². The molecule has 1 aromatic heterocycles.